The van der Waals surface area contributed by atoms with Crippen molar-refractivity contribution in [1.82, 2.24) is 10.6 Å². The lowest BCUT2D eigenvalue weighted by molar-refractivity contribution is -0.123. The summed E-state index contributed by atoms with van der Waals surface area (Å²) < 4.78 is 0. The van der Waals surface area contributed by atoms with Crippen LogP contribution in [0.1, 0.15) is 25.0 Å². The van der Waals surface area contributed by atoms with E-state index < -0.39 is 0 Å². The Bertz CT molecular complexity index is 445. The van der Waals surface area contributed by atoms with E-state index >= 15 is 0 Å². The molecule has 2 N–H and O–H groups in total. The van der Waals surface area contributed by atoms with E-state index in [1.165, 1.54) is 16.8 Å². The van der Waals surface area contributed by atoms with E-state index in [-0.39, 0.29) is 11.8 Å². The molecule has 1 unspecified atom stereocenters. The van der Waals surface area contributed by atoms with Crippen LogP contribution in [0.2, 0.25) is 0 Å². The summed E-state index contributed by atoms with van der Waals surface area (Å²) in [7, 11) is 3.72. The van der Waals surface area contributed by atoms with E-state index in [2.05, 4.69) is 47.6 Å². The topological polar surface area (TPSA) is 44.4 Å². The molecule has 4 nitrogen and oxygen atoms in total. The van der Waals surface area contributed by atoms with Gasteiger partial charge in [0.15, 0.2) is 0 Å². The Morgan fingerprint density at radius 2 is 2.10 bits per heavy atom. The van der Waals surface area contributed by atoms with Crippen molar-refractivity contribution in [2.24, 2.45) is 5.92 Å². The number of rotatable bonds is 7. The summed E-state index contributed by atoms with van der Waals surface area (Å²) in [5.74, 6) is 0.0514. The Kier molecular flexibility index (Phi) is 6.52. The van der Waals surface area contributed by atoms with E-state index in [1.54, 1.807) is 7.05 Å². The monoisotopic (exact) mass is 277 g/mol. The zero-order valence-corrected chi connectivity index (χ0v) is 13.3. The van der Waals surface area contributed by atoms with E-state index in [4.69, 9.17) is 0 Å². The number of anilines is 1. The molecule has 0 fully saturated rings. The van der Waals surface area contributed by atoms with Gasteiger partial charge in [0.25, 0.3) is 0 Å². The van der Waals surface area contributed by atoms with Gasteiger partial charge in [0.1, 0.15) is 0 Å². The molecule has 0 spiro atoms. The first-order chi connectivity index (χ1) is 9.49. The second-order valence-corrected chi connectivity index (χ2v) is 5.31. The third-order valence-electron chi connectivity index (χ3n) is 3.45. The minimum Gasteiger partial charge on any atom is -0.374 e. The summed E-state index contributed by atoms with van der Waals surface area (Å²) in [5, 5.41) is 6.07. The van der Waals surface area contributed by atoms with Crippen molar-refractivity contribution in [2.75, 3.05) is 32.1 Å². The highest BCUT2D eigenvalue weighted by Crippen LogP contribution is 2.22. The molecule has 1 rings (SSSR count). The molecule has 0 saturated heterocycles. The molecule has 0 aliphatic carbocycles. The van der Waals surface area contributed by atoms with Crippen LogP contribution >= 0.6 is 0 Å². The fourth-order valence-corrected chi connectivity index (χ4v) is 2.33. The molecule has 0 aromatic heterocycles. The molecule has 0 heterocycles. The van der Waals surface area contributed by atoms with Crippen molar-refractivity contribution in [2.45, 2.75) is 27.3 Å². The van der Waals surface area contributed by atoms with Gasteiger partial charge in [0.05, 0.1) is 5.92 Å². The van der Waals surface area contributed by atoms with Crippen molar-refractivity contribution in [3.8, 4) is 0 Å². The predicted octanol–water partition coefficient (Wildman–Crippen LogP) is 1.92. The molecule has 0 aliphatic heterocycles. The maximum Gasteiger partial charge on any atom is 0.224 e. The molecule has 1 atom stereocenters. The number of carbonyl (C=O) groups is 1. The lowest BCUT2D eigenvalue weighted by Gasteiger charge is -2.25. The summed E-state index contributed by atoms with van der Waals surface area (Å²) in [6, 6.07) is 6.46. The second-order valence-electron chi connectivity index (χ2n) is 5.31. The molecular formula is C16H27N3O. The molecular weight excluding hydrogens is 250 g/mol. The number of benzene rings is 1. The van der Waals surface area contributed by atoms with Crippen LogP contribution in [0.25, 0.3) is 0 Å². The van der Waals surface area contributed by atoms with Crippen molar-refractivity contribution < 1.29 is 4.79 Å². The minimum atomic E-state index is -0.0294. The summed E-state index contributed by atoms with van der Waals surface area (Å²) in [4.78, 5) is 13.8. The van der Waals surface area contributed by atoms with Gasteiger partial charge in [-0.3, -0.25) is 4.79 Å². The molecule has 0 bridgehead atoms. The zero-order chi connectivity index (χ0) is 15.1. The van der Waals surface area contributed by atoms with Gasteiger partial charge in [-0.1, -0.05) is 31.5 Å². The highest BCUT2D eigenvalue weighted by atomic mass is 16.1. The largest absolute Gasteiger partial charge is 0.374 e. The number of aryl methyl sites for hydroxylation is 1. The van der Waals surface area contributed by atoms with Gasteiger partial charge >= 0.3 is 0 Å². The van der Waals surface area contributed by atoms with Crippen molar-refractivity contribution in [1.29, 1.82) is 0 Å². The van der Waals surface area contributed by atoms with Crippen LogP contribution in [0.4, 0.5) is 5.69 Å². The lowest BCUT2D eigenvalue weighted by atomic mass is 10.1. The maximum atomic E-state index is 11.6. The zero-order valence-electron chi connectivity index (χ0n) is 13.3. The van der Waals surface area contributed by atoms with Gasteiger partial charge in [0.2, 0.25) is 5.91 Å². The second kappa shape index (κ2) is 7.90. The summed E-state index contributed by atoms with van der Waals surface area (Å²) in [5.41, 5.74) is 3.72. The first kappa shape index (κ1) is 16.5. The number of amides is 1. The van der Waals surface area contributed by atoms with Crippen molar-refractivity contribution in [3.05, 3.63) is 29.3 Å². The van der Waals surface area contributed by atoms with Crippen LogP contribution < -0.4 is 15.5 Å². The molecule has 1 amide bonds. The predicted molar refractivity (Wildman–Crippen MR) is 85.1 cm³/mol. The molecule has 0 saturated carbocycles. The van der Waals surface area contributed by atoms with Crippen LogP contribution in [0, 0.1) is 12.8 Å². The summed E-state index contributed by atoms with van der Waals surface area (Å²) in [6.07, 6.45) is 0. The Labute approximate surface area is 122 Å². The van der Waals surface area contributed by atoms with E-state index in [1.807, 2.05) is 14.0 Å². The minimum absolute atomic E-state index is 0.0294. The smallest absolute Gasteiger partial charge is 0.224 e. The van der Waals surface area contributed by atoms with Gasteiger partial charge in [0, 0.05) is 32.9 Å². The Morgan fingerprint density at radius 3 is 2.70 bits per heavy atom. The van der Waals surface area contributed by atoms with Crippen LogP contribution in [-0.4, -0.2) is 33.1 Å². The highest BCUT2D eigenvalue weighted by Gasteiger charge is 2.15. The van der Waals surface area contributed by atoms with Gasteiger partial charge in [-0.05, 0) is 25.1 Å². The van der Waals surface area contributed by atoms with Crippen LogP contribution in [0.15, 0.2) is 18.2 Å². The molecule has 4 heteroatoms. The van der Waals surface area contributed by atoms with E-state index in [0.29, 0.717) is 6.54 Å². The molecule has 1 aromatic carbocycles. The van der Waals surface area contributed by atoms with Gasteiger partial charge in [-0.2, -0.15) is 0 Å². The highest BCUT2D eigenvalue weighted by molar-refractivity contribution is 5.78. The first-order valence-electron chi connectivity index (χ1n) is 7.22. The van der Waals surface area contributed by atoms with Crippen LogP contribution in [0.5, 0.6) is 0 Å². The first-order valence-corrected chi connectivity index (χ1v) is 7.22. The maximum absolute atomic E-state index is 11.6. The number of hydrogen-bond acceptors (Lipinski definition) is 3. The third kappa shape index (κ3) is 4.53. The SMILES string of the molecule is CCNCc1cc(C)ccc1N(C)CC(C)C(=O)NC. The van der Waals surface area contributed by atoms with Crippen molar-refractivity contribution >= 4 is 11.6 Å². The summed E-state index contributed by atoms with van der Waals surface area (Å²) >= 11 is 0. The molecule has 112 valence electrons. The van der Waals surface area contributed by atoms with Gasteiger partial charge < -0.3 is 15.5 Å². The normalized spacial score (nSPS) is 12.1. The Balaban J connectivity index is 2.85. The van der Waals surface area contributed by atoms with Crippen LogP contribution in [-0.2, 0) is 11.3 Å². The Morgan fingerprint density at radius 1 is 1.40 bits per heavy atom. The molecule has 0 radical (unpaired) electrons. The Hall–Kier alpha value is -1.55. The van der Waals surface area contributed by atoms with Gasteiger partial charge in [-0.25, -0.2) is 0 Å². The van der Waals surface area contributed by atoms with Crippen molar-refractivity contribution in [3.63, 3.8) is 0 Å². The number of nitrogens with zero attached hydrogens (tertiary/aromatic N) is 1. The van der Waals surface area contributed by atoms with E-state index in [9.17, 15) is 4.79 Å². The summed E-state index contributed by atoms with van der Waals surface area (Å²) in [6.45, 7) is 8.67. The number of hydrogen-bond donors (Lipinski definition) is 2. The standard InChI is InChI=1S/C16H27N3O/c1-6-18-10-14-9-12(2)7-8-15(14)19(5)11-13(3)16(20)17-4/h7-9,13,18H,6,10-11H2,1-5H3,(H,17,20). The lowest BCUT2D eigenvalue weighted by Crippen LogP contribution is -2.34. The number of nitrogens with one attached hydrogen (secondary N) is 2. The average molecular weight is 277 g/mol. The van der Waals surface area contributed by atoms with Gasteiger partial charge in [-0.15, -0.1) is 0 Å². The fraction of sp³-hybridized carbons (Fsp3) is 0.562. The van der Waals surface area contributed by atoms with Crippen LogP contribution in [0.3, 0.4) is 0 Å². The molecule has 20 heavy (non-hydrogen) atoms. The number of carbonyl (C=O) groups excluding carboxylic acids is 1. The third-order valence-corrected chi connectivity index (χ3v) is 3.45. The van der Waals surface area contributed by atoms with E-state index in [0.717, 1.165) is 13.1 Å². The quantitative estimate of drug-likeness (QED) is 0.800. The fourth-order valence-electron chi connectivity index (χ4n) is 2.33. The molecule has 0 aliphatic rings. The average Bonchev–Trinajstić information content (AvgIpc) is 2.43. The molecule has 1 aromatic rings.